The van der Waals surface area contributed by atoms with Crippen molar-refractivity contribution in [3.8, 4) is 0 Å². The van der Waals surface area contributed by atoms with Gasteiger partial charge < -0.3 is 9.47 Å². The van der Waals surface area contributed by atoms with Gasteiger partial charge in [0.2, 0.25) is 0 Å². The Balaban J connectivity index is 1.73. The molecule has 4 saturated carbocycles. The third-order valence-corrected chi connectivity index (χ3v) is 12.5. The van der Waals surface area contributed by atoms with Crippen LogP contribution in [-0.2, 0) is 19.1 Å². The highest BCUT2D eigenvalue weighted by Gasteiger charge is 2.71. The molecule has 4 unspecified atom stereocenters. The van der Waals surface area contributed by atoms with E-state index in [0.717, 1.165) is 25.7 Å². The van der Waals surface area contributed by atoms with E-state index in [1.807, 2.05) is 0 Å². The number of carbonyl (C=O) groups is 2. The van der Waals surface area contributed by atoms with Crippen LogP contribution in [0.4, 0.5) is 0 Å². The molecule has 0 aromatic rings. The highest BCUT2D eigenvalue weighted by atomic mass is 16.5. The Bertz CT molecular complexity index is 1000. The van der Waals surface area contributed by atoms with Gasteiger partial charge in [0, 0.05) is 25.2 Å². The van der Waals surface area contributed by atoms with Crippen LogP contribution in [0.3, 0.4) is 0 Å². The summed E-state index contributed by atoms with van der Waals surface area (Å²) in [4.78, 5) is 24.4. The number of hydrogen-bond acceptors (Lipinski definition) is 4. The normalized spacial score (nSPS) is 43.8. The molecule has 0 heterocycles. The summed E-state index contributed by atoms with van der Waals surface area (Å²) in [6.07, 6.45) is 13.3. The highest BCUT2D eigenvalue weighted by Crippen LogP contribution is 2.76. The molecule has 4 rings (SSSR count). The van der Waals surface area contributed by atoms with Gasteiger partial charge >= 0.3 is 11.9 Å². The Hall–Kier alpha value is -1.58. The molecule has 4 heteroatoms. The number of carbonyl (C=O) groups excluding carboxylic acids is 2. The van der Waals surface area contributed by atoms with Crippen molar-refractivity contribution < 1.29 is 19.1 Å². The molecule has 214 valence electrons. The maximum absolute atomic E-state index is 12.5. The van der Waals surface area contributed by atoms with E-state index in [2.05, 4.69) is 67.5 Å². The number of fused-ring (bicyclic) bond motifs is 5. The quantitative estimate of drug-likeness (QED) is 0.266. The lowest BCUT2D eigenvalue weighted by atomic mass is 9.35. The first-order valence-electron chi connectivity index (χ1n) is 15.2. The monoisotopic (exact) mass is 526 g/mol. The Morgan fingerprint density at radius 3 is 2.00 bits per heavy atom. The predicted molar refractivity (Wildman–Crippen MR) is 153 cm³/mol. The first kappa shape index (κ1) is 29.4. The van der Waals surface area contributed by atoms with Crippen molar-refractivity contribution in [3.63, 3.8) is 0 Å². The van der Waals surface area contributed by atoms with Gasteiger partial charge in [-0.25, -0.2) is 0 Å². The van der Waals surface area contributed by atoms with Crippen LogP contribution < -0.4 is 0 Å². The summed E-state index contributed by atoms with van der Waals surface area (Å²) in [5.41, 5.74) is 3.20. The number of rotatable bonds is 5. The van der Waals surface area contributed by atoms with Gasteiger partial charge in [0.15, 0.2) is 0 Å². The minimum Gasteiger partial charge on any atom is -0.462 e. The second-order valence-electron chi connectivity index (χ2n) is 15.0. The number of esters is 2. The SMILES string of the molecule is CC(=O)O[C@H]1CC[C@@]2(C)C(CC[C@]3(C)C2C[C@@H](OC(C)=O)C2C(/C(C)=C/CC=C(C)C)CC[C@]23C)C1(C)C. The van der Waals surface area contributed by atoms with Gasteiger partial charge in [-0.15, -0.1) is 0 Å². The molecular formula is C34H54O4. The van der Waals surface area contributed by atoms with Gasteiger partial charge in [-0.2, -0.15) is 0 Å². The van der Waals surface area contributed by atoms with Gasteiger partial charge in [-0.05, 0) is 106 Å². The van der Waals surface area contributed by atoms with Gasteiger partial charge in [0.05, 0.1) is 0 Å². The lowest BCUT2D eigenvalue weighted by Crippen LogP contribution is -2.66. The van der Waals surface area contributed by atoms with Crippen LogP contribution >= 0.6 is 0 Å². The van der Waals surface area contributed by atoms with Crippen molar-refractivity contribution in [1.29, 1.82) is 0 Å². The molecule has 4 nitrogen and oxygen atoms in total. The summed E-state index contributed by atoms with van der Waals surface area (Å²) in [5, 5.41) is 0. The van der Waals surface area contributed by atoms with E-state index in [-0.39, 0.29) is 45.8 Å². The van der Waals surface area contributed by atoms with E-state index in [1.165, 1.54) is 36.8 Å². The molecule has 4 aliphatic rings. The van der Waals surface area contributed by atoms with Crippen LogP contribution in [0.25, 0.3) is 0 Å². The van der Waals surface area contributed by atoms with Crippen LogP contribution in [0.2, 0.25) is 0 Å². The van der Waals surface area contributed by atoms with Gasteiger partial charge in [0.25, 0.3) is 0 Å². The zero-order chi connectivity index (χ0) is 28.3. The van der Waals surface area contributed by atoms with E-state index in [0.29, 0.717) is 23.7 Å². The third kappa shape index (κ3) is 4.60. The third-order valence-electron chi connectivity index (χ3n) is 12.5. The Labute approximate surface area is 232 Å². The standard InChI is InChI=1S/C34H54O4/c1-21(2)12-11-13-22(3)25-14-18-34(10)30(25)26(37-23(4)35)20-28-32(8)17-16-29(38-24(5)36)31(6,7)27(32)15-19-33(28,34)9/h12-13,25-30H,11,14-20H2,1-10H3/b22-13+/t25?,26-,27?,28?,29+,30?,32+,33-,34-/m1/s1. The van der Waals surface area contributed by atoms with Crippen molar-refractivity contribution >= 4 is 11.9 Å². The first-order chi connectivity index (χ1) is 17.6. The fourth-order valence-electron chi connectivity index (χ4n) is 10.6. The fourth-order valence-corrected chi connectivity index (χ4v) is 10.6. The highest BCUT2D eigenvalue weighted by molar-refractivity contribution is 5.66. The number of hydrogen-bond donors (Lipinski definition) is 0. The van der Waals surface area contributed by atoms with E-state index in [9.17, 15) is 9.59 Å². The first-order valence-corrected chi connectivity index (χ1v) is 15.2. The topological polar surface area (TPSA) is 52.6 Å². The summed E-state index contributed by atoms with van der Waals surface area (Å²) in [5.74, 6) is 1.47. The van der Waals surface area contributed by atoms with Crippen molar-refractivity contribution in [3.05, 3.63) is 23.3 Å². The average Bonchev–Trinajstić information content (AvgIpc) is 3.16. The molecule has 0 spiro atoms. The average molecular weight is 527 g/mol. The molecule has 4 aliphatic carbocycles. The van der Waals surface area contributed by atoms with Crippen LogP contribution in [0.15, 0.2) is 23.3 Å². The molecule has 4 fully saturated rings. The van der Waals surface area contributed by atoms with E-state index in [1.54, 1.807) is 13.8 Å². The maximum atomic E-state index is 12.5. The molecule has 0 N–H and O–H groups in total. The number of allylic oxidation sites excluding steroid dienone is 4. The minimum absolute atomic E-state index is 0.0249. The second kappa shape index (κ2) is 10.1. The smallest absolute Gasteiger partial charge is 0.302 e. The van der Waals surface area contributed by atoms with Crippen LogP contribution in [0, 0.1) is 45.3 Å². The lowest BCUT2D eigenvalue weighted by Gasteiger charge is -2.70. The molecule has 38 heavy (non-hydrogen) atoms. The molecule has 9 atom stereocenters. The molecular weight excluding hydrogens is 472 g/mol. The summed E-state index contributed by atoms with van der Waals surface area (Å²) >= 11 is 0. The molecule has 0 aromatic heterocycles. The van der Waals surface area contributed by atoms with Crippen LogP contribution in [0.1, 0.15) is 121 Å². The zero-order valence-corrected chi connectivity index (χ0v) is 25.9. The van der Waals surface area contributed by atoms with E-state index >= 15 is 0 Å². The number of ether oxygens (including phenoxy) is 2. The summed E-state index contributed by atoms with van der Waals surface area (Å²) < 4.78 is 12.2. The molecule has 0 amide bonds. The van der Waals surface area contributed by atoms with E-state index in [4.69, 9.17) is 9.47 Å². The Kier molecular flexibility index (Phi) is 7.82. The van der Waals surface area contributed by atoms with E-state index < -0.39 is 0 Å². The summed E-state index contributed by atoms with van der Waals surface area (Å²) in [7, 11) is 0. The van der Waals surface area contributed by atoms with Crippen molar-refractivity contribution in [2.75, 3.05) is 0 Å². The maximum Gasteiger partial charge on any atom is 0.302 e. The van der Waals surface area contributed by atoms with Gasteiger partial charge in [-0.1, -0.05) is 57.9 Å². The molecule has 0 bridgehead atoms. The zero-order valence-electron chi connectivity index (χ0n) is 25.9. The lowest BCUT2D eigenvalue weighted by molar-refractivity contribution is -0.246. The fraction of sp³-hybridized carbons (Fsp3) is 0.824. The van der Waals surface area contributed by atoms with Gasteiger partial charge in [0.1, 0.15) is 12.2 Å². The van der Waals surface area contributed by atoms with Crippen molar-refractivity contribution in [2.45, 2.75) is 133 Å². The minimum atomic E-state index is -0.166. The van der Waals surface area contributed by atoms with Crippen molar-refractivity contribution in [1.82, 2.24) is 0 Å². The largest absolute Gasteiger partial charge is 0.462 e. The summed E-state index contributed by atoms with van der Waals surface area (Å²) in [6.45, 7) is 22.1. The van der Waals surface area contributed by atoms with Gasteiger partial charge in [-0.3, -0.25) is 9.59 Å². The molecule has 0 saturated heterocycles. The molecule has 0 aromatic carbocycles. The second-order valence-corrected chi connectivity index (χ2v) is 15.0. The predicted octanol–water partition coefficient (Wildman–Crippen LogP) is 8.45. The molecule has 0 aliphatic heterocycles. The molecule has 0 radical (unpaired) electrons. The summed E-state index contributed by atoms with van der Waals surface area (Å²) in [6, 6.07) is 0. The van der Waals surface area contributed by atoms with Crippen LogP contribution in [0.5, 0.6) is 0 Å². The Morgan fingerprint density at radius 2 is 1.39 bits per heavy atom. The van der Waals surface area contributed by atoms with Crippen LogP contribution in [-0.4, -0.2) is 24.1 Å². The Morgan fingerprint density at radius 1 is 0.763 bits per heavy atom. The van der Waals surface area contributed by atoms with Crippen molar-refractivity contribution in [2.24, 2.45) is 45.3 Å².